The quantitative estimate of drug-likeness (QED) is 0.891. The summed E-state index contributed by atoms with van der Waals surface area (Å²) in [5, 5.41) is 18.5. The van der Waals surface area contributed by atoms with Gasteiger partial charge in [0.25, 0.3) is 0 Å². The van der Waals surface area contributed by atoms with E-state index in [1.165, 1.54) is 12.8 Å². The molecule has 2 aliphatic rings. The van der Waals surface area contributed by atoms with Crippen molar-refractivity contribution in [2.45, 2.75) is 54.1 Å². The smallest absolute Gasteiger partial charge is 0.186 e. The fourth-order valence-corrected chi connectivity index (χ4v) is 3.73. The molecule has 2 aliphatic carbocycles. The van der Waals surface area contributed by atoms with Crippen LogP contribution in [0.15, 0.2) is 11.5 Å². The van der Waals surface area contributed by atoms with E-state index in [9.17, 15) is 5.26 Å². The molecule has 18 heavy (non-hydrogen) atoms. The van der Waals surface area contributed by atoms with Gasteiger partial charge in [0.15, 0.2) is 5.16 Å². The summed E-state index contributed by atoms with van der Waals surface area (Å²) in [5.41, 5.74) is -0.294. The van der Waals surface area contributed by atoms with Gasteiger partial charge < -0.3 is 0 Å². The Hall–Kier alpha value is -1.06. The molecule has 0 aromatic carbocycles. The van der Waals surface area contributed by atoms with Crippen LogP contribution >= 0.6 is 11.8 Å². The first-order valence-electron chi connectivity index (χ1n) is 6.40. The second kappa shape index (κ2) is 4.56. The Bertz CT molecular complexity index is 475. The first-order chi connectivity index (χ1) is 8.71. The number of hydrogen-bond acceptors (Lipinski definition) is 5. The Labute approximate surface area is 111 Å². The lowest BCUT2D eigenvalue weighted by atomic mass is 10.00. The van der Waals surface area contributed by atoms with Crippen molar-refractivity contribution in [3.8, 4) is 6.07 Å². The summed E-state index contributed by atoms with van der Waals surface area (Å²) in [6, 6.07) is 3.09. The summed E-state index contributed by atoms with van der Waals surface area (Å²) in [5.74, 6) is 0. The second-order valence-corrected chi connectivity index (χ2v) is 6.53. The van der Waals surface area contributed by atoms with Gasteiger partial charge in [-0.25, -0.2) is 9.67 Å². The van der Waals surface area contributed by atoms with Crippen molar-refractivity contribution in [1.82, 2.24) is 20.1 Å². The molecule has 2 atom stereocenters. The lowest BCUT2D eigenvalue weighted by molar-refractivity contribution is 0.420. The van der Waals surface area contributed by atoms with Crippen molar-refractivity contribution in [3.05, 3.63) is 6.33 Å². The van der Waals surface area contributed by atoms with Gasteiger partial charge in [-0.1, -0.05) is 11.8 Å². The van der Waals surface area contributed by atoms with Crippen LogP contribution in [0, 0.1) is 11.3 Å². The number of hydrogen-bond donors (Lipinski definition) is 1. The van der Waals surface area contributed by atoms with Crippen LogP contribution in [-0.4, -0.2) is 31.6 Å². The van der Waals surface area contributed by atoms with Gasteiger partial charge in [-0.3, -0.25) is 5.32 Å². The van der Waals surface area contributed by atoms with Crippen molar-refractivity contribution in [2.75, 3.05) is 0 Å². The molecule has 5 nitrogen and oxygen atoms in total. The van der Waals surface area contributed by atoms with Crippen molar-refractivity contribution in [2.24, 2.45) is 7.05 Å². The zero-order valence-electron chi connectivity index (χ0n) is 10.5. The maximum absolute atomic E-state index is 9.44. The van der Waals surface area contributed by atoms with E-state index in [1.54, 1.807) is 22.8 Å². The summed E-state index contributed by atoms with van der Waals surface area (Å²) in [6.45, 7) is 0. The predicted molar refractivity (Wildman–Crippen MR) is 69.0 cm³/mol. The van der Waals surface area contributed by atoms with E-state index in [0.29, 0.717) is 11.3 Å². The fraction of sp³-hybridized carbons (Fsp3) is 0.750. The maximum atomic E-state index is 9.44. The number of nitriles is 1. The lowest BCUT2D eigenvalue weighted by Gasteiger charge is -2.22. The van der Waals surface area contributed by atoms with Gasteiger partial charge in [-0.2, -0.15) is 10.4 Å². The average molecular weight is 263 g/mol. The third-order valence-electron chi connectivity index (χ3n) is 3.68. The number of thioether (sulfide) groups is 1. The van der Waals surface area contributed by atoms with Crippen LogP contribution in [0.4, 0.5) is 0 Å². The minimum atomic E-state index is -0.294. The maximum Gasteiger partial charge on any atom is 0.186 e. The molecule has 96 valence electrons. The zero-order valence-corrected chi connectivity index (χ0v) is 11.3. The highest BCUT2D eigenvalue weighted by Gasteiger charge is 2.43. The van der Waals surface area contributed by atoms with Crippen LogP contribution in [0.3, 0.4) is 0 Å². The summed E-state index contributed by atoms with van der Waals surface area (Å²) in [7, 11) is 1.91. The van der Waals surface area contributed by atoms with Gasteiger partial charge >= 0.3 is 0 Å². The molecule has 2 saturated carbocycles. The van der Waals surface area contributed by atoms with E-state index >= 15 is 0 Å². The van der Waals surface area contributed by atoms with Crippen LogP contribution < -0.4 is 5.32 Å². The Balaban J connectivity index is 1.63. The van der Waals surface area contributed by atoms with Gasteiger partial charge in [-0.05, 0) is 32.1 Å². The largest absolute Gasteiger partial charge is 0.297 e. The van der Waals surface area contributed by atoms with E-state index in [2.05, 4.69) is 21.5 Å². The molecule has 1 aromatic heterocycles. The minimum absolute atomic E-state index is 0.294. The summed E-state index contributed by atoms with van der Waals surface area (Å²) < 4.78 is 1.80. The Morgan fingerprint density at radius 1 is 1.56 bits per heavy atom. The van der Waals surface area contributed by atoms with E-state index < -0.39 is 0 Å². The molecule has 6 heteroatoms. The normalized spacial score (nSPS) is 31.4. The first kappa shape index (κ1) is 12.0. The number of nitrogens with zero attached hydrogens (tertiary/aromatic N) is 4. The summed E-state index contributed by atoms with van der Waals surface area (Å²) >= 11 is 1.75. The van der Waals surface area contributed by atoms with Gasteiger partial charge in [0.05, 0.1) is 6.07 Å². The first-order valence-corrected chi connectivity index (χ1v) is 7.28. The van der Waals surface area contributed by atoms with Crippen molar-refractivity contribution >= 4 is 11.8 Å². The van der Waals surface area contributed by atoms with Gasteiger partial charge in [0.1, 0.15) is 11.9 Å². The minimum Gasteiger partial charge on any atom is -0.297 e. The number of aryl methyl sites for hydroxylation is 1. The monoisotopic (exact) mass is 263 g/mol. The standard InChI is InChI=1S/C12H17N5S/c1-17-11(14-8-15-17)18-10-4-5-12(6-10,7-13)16-9-2-3-9/h8-10,16H,2-6H2,1H3. The van der Waals surface area contributed by atoms with Gasteiger partial charge in [0.2, 0.25) is 0 Å². The van der Waals surface area contributed by atoms with E-state index in [4.69, 9.17) is 0 Å². The van der Waals surface area contributed by atoms with Crippen molar-refractivity contribution < 1.29 is 0 Å². The molecule has 3 rings (SSSR count). The zero-order chi connectivity index (χ0) is 12.6. The Kier molecular flexibility index (Phi) is 3.04. The Morgan fingerprint density at radius 3 is 3.00 bits per heavy atom. The number of aromatic nitrogens is 3. The van der Waals surface area contributed by atoms with Gasteiger partial charge in [0, 0.05) is 18.3 Å². The number of rotatable bonds is 4. The molecule has 0 aliphatic heterocycles. The SMILES string of the molecule is Cn1ncnc1SC1CCC(C#N)(NC2CC2)C1. The number of nitrogens with one attached hydrogen (secondary N) is 1. The molecule has 0 amide bonds. The summed E-state index contributed by atoms with van der Waals surface area (Å²) in [6.07, 6.45) is 6.98. The molecular formula is C12H17N5S. The van der Waals surface area contributed by atoms with Crippen LogP contribution in [-0.2, 0) is 7.05 Å². The lowest BCUT2D eigenvalue weighted by Crippen LogP contribution is -2.43. The third kappa shape index (κ3) is 2.38. The topological polar surface area (TPSA) is 66.5 Å². The molecule has 2 fully saturated rings. The molecule has 0 spiro atoms. The average Bonchev–Trinajstić information content (AvgIpc) is 2.94. The Morgan fingerprint density at radius 2 is 2.39 bits per heavy atom. The van der Waals surface area contributed by atoms with E-state index in [1.807, 2.05) is 7.05 Å². The van der Waals surface area contributed by atoms with E-state index in [-0.39, 0.29) is 5.54 Å². The van der Waals surface area contributed by atoms with Crippen LogP contribution in [0.25, 0.3) is 0 Å². The van der Waals surface area contributed by atoms with Crippen LogP contribution in [0.2, 0.25) is 0 Å². The molecule has 1 aromatic rings. The second-order valence-electron chi connectivity index (χ2n) is 5.26. The molecule has 0 saturated heterocycles. The molecule has 0 bridgehead atoms. The third-order valence-corrected chi connectivity index (χ3v) is 5.00. The highest BCUT2D eigenvalue weighted by atomic mass is 32.2. The van der Waals surface area contributed by atoms with Gasteiger partial charge in [-0.15, -0.1) is 0 Å². The summed E-state index contributed by atoms with van der Waals surface area (Å²) in [4.78, 5) is 4.24. The molecule has 2 unspecified atom stereocenters. The van der Waals surface area contributed by atoms with E-state index in [0.717, 1.165) is 24.4 Å². The predicted octanol–water partition coefficient (Wildman–Crippen LogP) is 1.47. The highest BCUT2D eigenvalue weighted by molar-refractivity contribution is 7.99. The molecular weight excluding hydrogens is 246 g/mol. The molecule has 0 radical (unpaired) electrons. The van der Waals surface area contributed by atoms with Crippen LogP contribution in [0.1, 0.15) is 32.1 Å². The van der Waals surface area contributed by atoms with Crippen LogP contribution in [0.5, 0.6) is 0 Å². The highest BCUT2D eigenvalue weighted by Crippen LogP contribution is 2.40. The van der Waals surface area contributed by atoms with Crippen molar-refractivity contribution in [1.29, 1.82) is 5.26 Å². The fourth-order valence-electron chi connectivity index (χ4n) is 2.53. The van der Waals surface area contributed by atoms with Crippen molar-refractivity contribution in [3.63, 3.8) is 0 Å². The molecule has 1 N–H and O–H groups in total. The molecule has 1 heterocycles.